The first-order chi connectivity index (χ1) is 10.00. The van der Waals surface area contributed by atoms with Crippen LogP contribution >= 0.6 is 11.6 Å². The van der Waals surface area contributed by atoms with Crippen molar-refractivity contribution in [3.8, 4) is 0 Å². The van der Waals surface area contributed by atoms with E-state index in [2.05, 4.69) is 0 Å². The monoisotopic (exact) mass is 305 g/mol. The summed E-state index contributed by atoms with van der Waals surface area (Å²) in [6, 6.07) is 7.43. The molecule has 0 unspecified atom stereocenters. The molecular formula is C16H16ClNO3. The highest BCUT2D eigenvalue weighted by atomic mass is 35.5. The van der Waals surface area contributed by atoms with Crippen LogP contribution in [0.3, 0.4) is 0 Å². The first-order valence-electron chi connectivity index (χ1n) is 6.97. The number of amides is 1. The molecule has 0 atom stereocenters. The Kier molecular flexibility index (Phi) is 3.49. The molecule has 2 aliphatic heterocycles. The van der Waals surface area contributed by atoms with E-state index in [0.717, 1.165) is 11.1 Å². The van der Waals surface area contributed by atoms with Gasteiger partial charge in [-0.15, -0.1) is 0 Å². The summed E-state index contributed by atoms with van der Waals surface area (Å²) in [6.07, 6.45) is 2.79. The fourth-order valence-electron chi connectivity index (χ4n) is 3.08. The summed E-state index contributed by atoms with van der Waals surface area (Å²) in [5.74, 6) is -0.260. The third kappa shape index (κ3) is 2.56. The zero-order chi connectivity index (χ0) is 15.0. The fraction of sp³-hybridized carbons (Fsp3) is 0.375. The van der Waals surface area contributed by atoms with Gasteiger partial charge in [0.05, 0.1) is 0 Å². The predicted molar refractivity (Wildman–Crippen MR) is 79.7 cm³/mol. The number of halogens is 1. The van der Waals surface area contributed by atoms with E-state index in [1.807, 2.05) is 18.2 Å². The number of esters is 1. The van der Waals surface area contributed by atoms with Gasteiger partial charge in [0.1, 0.15) is 5.60 Å². The van der Waals surface area contributed by atoms with Crippen LogP contribution in [0.1, 0.15) is 25.3 Å². The number of ether oxygens (including phenoxy) is 1. The van der Waals surface area contributed by atoms with E-state index >= 15 is 0 Å². The van der Waals surface area contributed by atoms with Gasteiger partial charge in [0.15, 0.2) is 0 Å². The minimum absolute atomic E-state index is 0.0578. The van der Waals surface area contributed by atoms with E-state index in [-0.39, 0.29) is 11.9 Å². The molecule has 1 aromatic rings. The summed E-state index contributed by atoms with van der Waals surface area (Å²) in [5.41, 5.74) is 1.16. The number of nitrogens with zero attached hydrogens (tertiary/aromatic N) is 1. The second-order valence-corrected chi connectivity index (χ2v) is 5.93. The lowest BCUT2D eigenvalue weighted by Gasteiger charge is -2.39. The Morgan fingerprint density at radius 3 is 2.67 bits per heavy atom. The van der Waals surface area contributed by atoms with Crippen LogP contribution in [0.15, 0.2) is 30.3 Å². The molecule has 0 bridgehead atoms. The van der Waals surface area contributed by atoms with Crippen molar-refractivity contribution in [2.45, 2.75) is 25.4 Å². The Hall–Kier alpha value is -1.81. The molecule has 1 saturated heterocycles. The minimum atomic E-state index is -0.617. The zero-order valence-corrected chi connectivity index (χ0v) is 12.5. The summed E-state index contributed by atoms with van der Waals surface area (Å²) in [4.78, 5) is 25.0. The maximum absolute atomic E-state index is 11.8. The summed E-state index contributed by atoms with van der Waals surface area (Å²) in [6.45, 7) is 2.76. The molecule has 0 aliphatic carbocycles. The molecule has 1 spiro atoms. The van der Waals surface area contributed by atoms with Gasteiger partial charge in [0.2, 0.25) is 5.91 Å². The van der Waals surface area contributed by atoms with Crippen LogP contribution in [0, 0.1) is 0 Å². The first-order valence-corrected chi connectivity index (χ1v) is 7.35. The van der Waals surface area contributed by atoms with E-state index in [0.29, 0.717) is 31.0 Å². The predicted octanol–water partition coefficient (Wildman–Crippen LogP) is 2.66. The number of hydrogen-bond acceptors (Lipinski definition) is 3. The van der Waals surface area contributed by atoms with Crippen LogP contribution in [-0.4, -0.2) is 35.5 Å². The quantitative estimate of drug-likeness (QED) is 0.749. The number of likely N-dealkylation sites (tertiary alicyclic amines) is 1. The molecule has 2 heterocycles. The van der Waals surface area contributed by atoms with Crippen LogP contribution < -0.4 is 0 Å². The lowest BCUT2D eigenvalue weighted by Crippen LogP contribution is -2.47. The van der Waals surface area contributed by atoms with Gasteiger partial charge in [-0.2, -0.15) is 0 Å². The molecule has 0 radical (unpaired) electrons. The standard InChI is InChI=1S/C16H16ClNO3/c1-11(19)18-7-5-16(6-8-18)14(10-15(20)21-16)12-3-2-4-13(17)9-12/h2-4,9-10H,5-8H2,1H3. The lowest BCUT2D eigenvalue weighted by molar-refractivity contribution is -0.149. The van der Waals surface area contributed by atoms with E-state index in [1.54, 1.807) is 24.0 Å². The molecule has 0 saturated carbocycles. The molecule has 3 rings (SSSR count). The van der Waals surface area contributed by atoms with Gasteiger partial charge in [-0.25, -0.2) is 4.79 Å². The van der Waals surface area contributed by atoms with Gasteiger partial charge in [-0.3, -0.25) is 4.79 Å². The van der Waals surface area contributed by atoms with Crippen molar-refractivity contribution in [3.05, 3.63) is 40.9 Å². The molecule has 0 aromatic heterocycles. The third-order valence-electron chi connectivity index (χ3n) is 4.20. The average molecular weight is 306 g/mol. The van der Waals surface area contributed by atoms with Crippen LogP contribution in [0.25, 0.3) is 5.57 Å². The highest BCUT2D eigenvalue weighted by Crippen LogP contribution is 2.43. The summed E-state index contributed by atoms with van der Waals surface area (Å²) >= 11 is 6.05. The van der Waals surface area contributed by atoms with Crippen molar-refractivity contribution >= 4 is 29.1 Å². The molecule has 0 N–H and O–H groups in total. The van der Waals surface area contributed by atoms with Gasteiger partial charge in [-0.05, 0) is 17.7 Å². The SMILES string of the molecule is CC(=O)N1CCC2(CC1)OC(=O)C=C2c1cccc(Cl)c1. The highest BCUT2D eigenvalue weighted by molar-refractivity contribution is 6.30. The van der Waals surface area contributed by atoms with E-state index < -0.39 is 5.60 Å². The smallest absolute Gasteiger partial charge is 0.332 e. The second-order valence-electron chi connectivity index (χ2n) is 5.49. The molecule has 1 fully saturated rings. The van der Waals surface area contributed by atoms with Crippen molar-refractivity contribution < 1.29 is 14.3 Å². The number of carbonyl (C=O) groups excluding carboxylic acids is 2. The summed E-state index contributed by atoms with van der Waals surface area (Å²) < 4.78 is 5.61. The Morgan fingerprint density at radius 1 is 1.33 bits per heavy atom. The zero-order valence-electron chi connectivity index (χ0n) is 11.8. The fourth-order valence-corrected chi connectivity index (χ4v) is 3.27. The first kappa shape index (κ1) is 14.1. The van der Waals surface area contributed by atoms with Gasteiger partial charge >= 0.3 is 5.97 Å². The van der Waals surface area contributed by atoms with Crippen LogP contribution in [0.4, 0.5) is 0 Å². The normalized spacial score (nSPS) is 20.4. The minimum Gasteiger partial charge on any atom is -0.451 e. The molecule has 21 heavy (non-hydrogen) atoms. The summed E-state index contributed by atoms with van der Waals surface area (Å²) in [7, 11) is 0. The average Bonchev–Trinajstić information content (AvgIpc) is 2.76. The molecular weight excluding hydrogens is 290 g/mol. The largest absolute Gasteiger partial charge is 0.451 e. The number of piperidine rings is 1. The van der Waals surface area contributed by atoms with Crippen molar-refractivity contribution in [1.82, 2.24) is 4.90 Å². The summed E-state index contributed by atoms with van der Waals surface area (Å²) in [5, 5.41) is 0.629. The van der Waals surface area contributed by atoms with Crippen molar-refractivity contribution in [1.29, 1.82) is 0 Å². The third-order valence-corrected chi connectivity index (χ3v) is 4.44. The number of hydrogen-bond donors (Lipinski definition) is 0. The van der Waals surface area contributed by atoms with Gasteiger partial charge in [-0.1, -0.05) is 23.7 Å². The van der Waals surface area contributed by atoms with Crippen LogP contribution in [0.2, 0.25) is 5.02 Å². The number of benzene rings is 1. The Labute approximate surface area is 128 Å². The maximum atomic E-state index is 11.8. The lowest BCUT2D eigenvalue weighted by atomic mass is 9.81. The van der Waals surface area contributed by atoms with Crippen molar-refractivity contribution in [2.24, 2.45) is 0 Å². The van der Waals surface area contributed by atoms with Gasteiger partial charge in [0, 0.05) is 49.5 Å². The molecule has 1 aromatic carbocycles. The maximum Gasteiger partial charge on any atom is 0.332 e. The Bertz CT molecular complexity index is 630. The van der Waals surface area contributed by atoms with E-state index in [1.165, 1.54) is 0 Å². The second kappa shape index (κ2) is 5.19. The number of rotatable bonds is 1. The van der Waals surface area contributed by atoms with Gasteiger partial charge in [0.25, 0.3) is 0 Å². The molecule has 2 aliphatic rings. The van der Waals surface area contributed by atoms with Crippen LogP contribution in [0.5, 0.6) is 0 Å². The topological polar surface area (TPSA) is 46.6 Å². The van der Waals surface area contributed by atoms with E-state index in [9.17, 15) is 9.59 Å². The molecule has 110 valence electrons. The Balaban J connectivity index is 1.91. The molecule has 4 nitrogen and oxygen atoms in total. The highest BCUT2D eigenvalue weighted by Gasteiger charge is 2.46. The van der Waals surface area contributed by atoms with Gasteiger partial charge < -0.3 is 9.64 Å². The number of carbonyl (C=O) groups is 2. The van der Waals surface area contributed by atoms with Crippen molar-refractivity contribution in [3.63, 3.8) is 0 Å². The Morgan fingerprint density at radius 2 is 2.05 bits per heavy atom. The molecule has 5 heteroatoms. The van der Waals surface area contributed by atoms with Crippen LogP contribution in [-0.2, 0) is 14.3 Å². The van der Waals surface area contributed by atoms with Crippen molar-refractivity contribution in [2.75, 3.05) is 13.1 Å². The molecule has 1 amide bonds. The van der Waals surface area contributed by atoms with E-state index in [4.69, 9.17) is 16.3 Å².